The van der Waals surface area contributed by atoms with Crippen molar-refractivity contribution in [3.05, 3.63) is 18.2 Å². The molecule has 4 heteroatoms. The lowest BCUT2D eigenvalue weighted by Crippen LogP contribution is -2.34. The molecule has 0 fully saturated rings. The fourth-order valence-corrected chi connectivity index (χ4v) is 2.09. The molecule has 0 atom stereocenters. The van der Waals surface area contributed by atoms with Gasteiger partial charge >= 0.3 is 0 Å². The number of hydrogen-bond acceptors (Lipinski definition) is 3. The molecule has 1 aromatic heterocycles. The SMILES string of the molecule is CCC(=O)CCCN1CCn2ccnc2C1. The Morgan fingerprint density at radius 1 is 1.50 bits per heavy atom. The van der Waals surface area contributed by atoms with E-state index in [-0.39, 0.29) is 0 Å². The maximum Gasteiger partial charge on any atom is 0.132 e. The minimum Gasteiger partial charge on any atom is -0.333 e. The van der Waals surface area contributed by atoms with Crippen LogP contribution in [-0.4, -0.2) is 33.3 Å². The Kier molecular flexibility index (Phi) is 3.72. The first kappa shape index (κ1) is 11.3. The van der Waals surface area contributed by atoms with Gasteiger partial charge in [-0.25, -0.2) is 4.98 Å². The summed E-state index contributed by atoms with van der Waals surface area (Å²) in [6.07, 6.45) is 6.27. The molecule has 0 N–H and O–H groups in total. The van der Waals surface area contributed by atoms with E-state index in [9.17, 15) is 4.79 Å². The molecule has 4 nitrogen and oxygen atoms in total. The quantitative estimate of drug-likeness (QED) is 0.755. The van der Waals surface area contributed by atoms with Crippen molar-refractivity contribution >= 4 is 5.78 Å². The molecule has 0 amide bonds. The van der Waals surface area contributed by atoms with Crippen LogP contribution in [0.3, 0.4) is 0 Å². The Morgan fingerprint density at radius 3 is 3.19 bits per heavy atom. The molecule has 88 valence electrons. The van der Waals surface area contributed by atoms with Gasteiger partial charge in [0.05, 0.1) is 6.54 Å². The van der Waals surface area contributed by atoms with Gasteiger partial charge in [-0.1, -0.05) is 6.92 Å². The molecule has 0 radical (unpaired) electrons. The number of Topliss-reactive ketones (excluding diaryl/α,β-unsaturated/α-hetero) is 1. The minimum absolute atomic E-state index is 0.374. The normalized spacial score (nSPS) is 16.1. The smallest absolute Gasteiger partial charge is 0.132 e. The van der Waals surface area contributed by atoms with Crippen LogP contribution in [0, 0.1) is 0 Å². The zero-order valence-corrected chi connectivity index (χ0v) is 9.85. The van der Waals surface area contributed by atoms with E-state index in [0.717, 1.165) is 44.8 Å². The molecule has 1 aromatic rings. The molecule has 0 unspecified atom stereocenters. The third-order valence-electron chi connectivity index (χ3n) is 3.15. The van der Waals surface area contributed by atoms with Crippen molar-refractivity contribution in [2.24, 2.45) is 0 Å². The highest BCUT2D eigenvalue weighted by Crippen LogP contribution is 2.10. The predicted octanol–water partition coefficient (Wildman–Crippen LogP) is 1.46. The highest BCUT2D eigenvalue weighted by Gasteiger charge is 2.15. The molecule has 0 aromatic carbocycles. The summed E-state index contributed by atoms with van der Waals surface area (Å²) in [6, 6.07) is 0. The fourth-order valence-electron chi connectivity index (χ4n) is 2.09. The standard InChI is InChI=1S/C12H19N3O/c1-2-11(16)4-3-6-14-8-9-15-7-5-13-12(15)10-14/h5,7H,2-4,6,8-10H2,1H3. The second kappa shape index (κ2) is 5.25. The number of carbonyl (C=O) groups is 1. The molecule has 0 saturated carbocycles. The van der Waals surface area contributed by atoms with Crippen molar-refractivity contribution in [3.8, 4) is 0 Å². The van der Waals surface area contributed by atoms with Crippen LogP contribution in [0.2, 0.25) is 0 Å². The second-order valence-electron chi connectivity index (χ2n) is 4.31. The summed E-state index contributed by atoms with van der Waals surface area (Å²) in [5.74, 6) is 1.52. The van der Waals surface area contributed by atoms with Gasteiger partial charge in [-0.3, -0.25) is 9.69 Å². The molecule has 1 aliphatic rings. The first-order valence-corrected chi connectivity index (χ1v) is 6.03. The van der Waals surface area contributed by atoms with Crippen molar-refractivity contribution in [3.63, 3.8) is 0 Å². The molecule has 0 aliphatic carbocycles. The number of nitrogens with zero attached hydrogens (tertiary/aromatic N) is 3. The van der Waals surface area contributed by atoms with Gasteiger partial charge in [-0.05, 0) is 13.0 Å². The van der Waals surface area contributed by atoms with Crippen molar-refractivity contribution in [1.29, 1.82) is 0 Å². The Balaban J connectivity index is 1.75. The van der Waals surface area contributed by atoms with Gasteiger partial charge in [0.15, 0.2) is 0 Å². The summed E-state index contributed by atoms with van der Waals surface area (Å²) in [6.45, 7) is 5.96. The Labute approximate surface area is 96.3 Å². The average molecular weight is 221 g/mol. The molecule has 2 rings (SSSR count). The summed E-state index contributed by atoms with van der Waals surface area (Å²) >= 11 is 0. The van der Waals surface area contributed by atoms with Gasteiger partial charge in [0.1, 0.15) is 11.6 Å². The Morgan fingerprint density at radius 2 is 2.38 bits per heavy atom. The molecule has 0 bridgehead atoms. The van der Waals surface area contributed by atoms with Gasteiger partial charge in [-0.2, -0.15) is 0 Å². The van der Waals surface area contributed by atoms with Crippen LogP contribution in [0.5, 0.6) is 0 Å². The van der Waals surface area contributed by atoms with Crippen molar-refractivity contribution < 1.29 is 4.79 Å². The van der Waals surface area contributed by atoms with E-state index in [1.807, 2.05) is 19.3 Å². The van der Waals surface area contributed by atoms with E-state index >= 15 is 0 Å². The highest BCUT2D eigenvalue weighted by molar-refractivity contribution is 5.77. The number of imidazole rings is 1. The average Bonchev–Trinajstić information content (AvgIpc) is 2.76. The lowest BCUT2D eigenvalue weighted by Gasteiger charge is -2.27. The van der Waals surface area contributed by atoms with E-state index in [0.29, 0.717) is 12.2 Å². The fraction of sp³-hybridized carbons (Fsp3) is 0.667. The number of ketones is 1. The molecule has 2 heterocycles. The van der Waals surface area contributed by atoms with Gasteiger partial charge < -0.3 is 4.57 Å². The third-order valence-corrected chi connectivity index (χ3v) is 3.15. The monoisotopic (exact) mass is 221 g/mol. The van der Waals surface area contributed by atoms with Crippen LogP contribution < -0.4 is 0 Å². The van der Waals surface area contributed by atoms with Gasteiger partial charge in [0.25, 0.3) is 0 Å². The second-order valence-corrected chi connectivity index (χ2v) is 4.31. The van der Waals surface area contributed by atoms with Crippen LogP contribution in [0.15, 0.2) is 12.4 Å². The largest absolute Gasteiger partial charge is 0.333 e. The zero-order valence-electron chi connectivity index (χ0n) is 9.85. The summed E-state index contributed by atoms with van der Waals surface area (Å²) in [4.78, 5) is 17.9. The molecular formula is C12H19N3O. The van der Waals surface area contributed by atoms with Gasteiger partial charge in [-0.15, -0.1) is 0 Å². The van der Waals surface area contributed by atoms with E-state index in [4.69, 9.17) is 0 Å². The van der Waals surface area contributed by atoms with Crippen LogP contribution >= 0.6 is 0 Å². The van der Waals surface area contributed by atoms with Crippen LogP contribution in [0.25, 0.3) is 0 Å². The van der Waals surface area contributed by atoms with E-state index in [1.165, 1.54) is 0 Å². The molecule has 0 saturated heterocycles. The maximum absolute atomic E-state index is 11.2. The molecular weight excluding hydrogens is 202 g/mol. The van der Waals surface area contributed by atoms with Crippen molar-refractivity contribution in [2.75, 3.05) is 13.1 Å². The highest BCUT2D eigenvalue weighted by atomic mass is 16.1. The summed E-state index contributed by atoms with van der Waals surface area (Å²) in [5.41, 5.74) is 0. The maximum atomic E-state index is 11.2. The molecule has 1 aliphatic heterocycles. The van der Waals surface area contributed by atoms with Crippen molar-refractivity contribution in [2.45, 2.75) is 39.3 Å². The number of carbonyl (C=O) groups excluding carboxylic acids is 1. The topological polar surface area (TPSA) is 38.1 Å². The summed E-state index contributed by atoms with van der Waals surface area (Å²) < 4.78 is 2.20. The van der Waals surface area contributed by atoms with Crippen LogP contribution in [0.1, 0.15) is 32.0 Å². The third kappa shape index (κ3) is 2.70. The van der Waals surface area contributed by atoms with E-state index in [1.54, 1.807) is 0 Å². The first-order valence-electron chi connectivity index (χ1n) is 6.03. The summed E-state index contributed by atoms with van der Waals surface area (Å²) in [7, 11) is 0. The number of aromatic nitrogens is 2. The van der Waals surface area contributed by atoms with Crippen LogP contribution in [-0.2, 0) is 17.9 Å². The van der Waals surface area contributed by atoms with Gasteiger partial charge in [0.2, 0.25) is 0 Å². The Hall–Kier alpha value is -1.16. The lowest BCUT2D eigenvalue weighted by atomic mass is 10.1. The minimum atomic E-state index is 0.374. The van der Waals surface area contributed by atoms with Crippen molar-refractivity contribution in [1.82, 2.24) is 14.5 Å². The number of fused-ring (bicyclic) bond motifs is 1. The first-order chi connectivity index (χ1) is 7.79. The van der Waals surface area contributed by atoms with Gasteiger partial charge in [0, 0.05) is 38.3 Å². The molecule has 16 heavy (non-hydrogen) atoms. The van der Waals surface area contributed by atoms with Crippen LogP contribution in [0.4, 0.5) is 0 Å². The number of hydrogen-bond donors (Lipinski definition) is 0. The summed E-state index contributed by atoms with van der Waals surface area (Å²) in [5, 5.41) is 0. The molecule has 0 spiro atoms. The zero-order chi connectivity index (χ0) is 11.4. The lowest BCUT2D eigenvalue weighted by molar-refractivity contribution is -0.118. The van der Waals surface area contributed by atoms with E-state index < -0.39 is 0 Å². The Bertz CT molecular complexity index is 359. The number of rotatable bonds is 5. The predicted molar refractivity (Wildman–Crippen MR) is 62.0 cm³/mol. The van der Waals surface area contributed by atoms with E-state index in [2.05, 4.69) is 14.5 Å².